The molecule has 7 nitrogen and oxygen atoms in total. The standard InChI is InChI=1S/C23H28ClNO6S/c1-11(2)29-22(27)18-14(6)19(23(28)30-12(3)4)32-21(18)25-20(26)15(7)31-17-9-8-16(24)10-13(17)5/h8-12,15H,1-7H3,(H,25,26). The maximum absolute atomic E-state index is 12.8. The van der Waals surface area contributed by atoms with Gasteiger partial charge in [0, 0.05) is 5.02 Å². The van der Waals surface area contributed by atoms with Crippen molar-refractivity contribution >= 4 is 45.8 Å². The van der Waals surface area contributed by atoms with Gasteiger partial charge in [-0.3, -0.25) is 4.79 Å². The van der Waals surface area contributed by atoms with E-state index in [2.05, 4.69) is 5.32 Å². The Kier molecular flexibility index (Phi) is 8.69. The summed E-state index contributed by atoms with van der Waals surface area (Å²) in [6.45, 7) is 11.9. The van der Waals surface area contributed by atoms with Crippen LogP contribution < -0.4 is 10.1 Å². The number of thiophene rings is 1. The predicted octanol–water partition coefficient (Wildman–Crippen LogP) is 5.55. The lowest BCUT2D eigenvalue weighted by Crippen LogP contribution is -2.30. The smallest absolute Gasteiger partial charge is 0.348 e. The number of benzene rings is 1. The maximum atomic E-state index is 12.8. The van der Waals surface area contributed by atoms with Gasteiger partial charge in [-0.2, -0.15) is 0 Å². The molecule has 2 rings (SSSR count). The van der Waals surface area contributed by atoms with E-state index in [4.69, 9.17) is 25.8 Å². The zero-order valence-corrected chi connectivity index (χ0v) is 20.8. The molecule has 1 amide bonds. The van der Waals surface area contributed by atoms with Crippen molar-refractivity contribution in [3.05, 3.63) is 44.8 Å². The van der Waals surface area contributed by atoms with E-state index in [1.807, 2.05) is 6.92 Å². The Morgan fingerprint density at radius 3 is 2.12 bits per heavy atom. The Morgan fingerprint density at radius 2 is 1.56 bits per heavy atom. The molecular formula is C23H28ClNO6S. The lowest BCUT2D eigenvalue weighted by atomic mass is 10.1. The largest absolute Gasteiger partial charge is 0.481 e. The maximum Gasteiger partial charge on any atom is 0.348 e. The fourth-order valence-electron chi connectivity index (χ4n) is 2.79. The van der Waals surface area contributed by atoms with Crippen LogP contribution in [0, 0.1) is 13.8 Å². The van der Waals surface area contributed by atoms with Gasteiger partial charge in [0.2, 0.25) is 0 Å². The van der Waals surface area contributed by atoms with E-state index in [-0.39, 0.29) is 27.6 Å². The summed E-state index contributed by atoms with van der Waals surface area (Å²) >= 11 is 6.93. The molecule has 2 aromatic rings. The second-order valence-electron chi connectivity index (χ2n) is 7.83. The van der Waals surface area contributed by atoms with Crippen LogP contribution in [0.1, 0.15) is 65.8 Å². The summed E-state index contributed by atoms with van der Waals surface area (Å²) in [7, 11) is 0. The first-order valence-corrected chi connectivity index (χ1v) is 11.4. The molecule has 0 aliphatic carbocycles. The minimum absolute atomic E-state index is 0.127. The fourth-order valence-corrected chi connectivity index (χ4v) is 4.09. The Hall–Kier alpha value is -2.58. The number of anilines is 1. The molecule has 1 aromatic carbocycles. The Morgan fingerprint density at radius 1 is 0.969 bits per heavy atom. The van der Waals surface area contributed by atoms with E-state index >= 15 is 0 Å². The highest BCUT2D eigenvalue weighted by Crippen LogP contribution is 2.35. The molecule has 0 saturated carbocycles. The minimum atomic E-state index is -0.877. The second kappa shape index (κ2) is 10.8. The Balaban J connectivity index is 2.32. The van der Waals surface area contributed by atoms with Crippen molar-refractivity contribution in [3.63, 3.8) is 0 Å². The molecule has 1 atom stereocenters. The summed E-state index contributed by atoms with van der Waals surface area (Å²) in [5.41, 5.74) is 1.30. The number of carbonyl (C=O) groups excluding carboxylic acids is 3. The van der Waals surface area contributed by atoms with Crippen molar-refractivity contribution in [2.75, 3.05) is 5.32 Å². The van der Waals surface area contributed by atoms with Crippen LogP contribution >= 0.6 is 22.9 Å². The van der Waals surface area contributed by atoms with Crippen LogP contribution in [0.5, 0.6) is 5.75 Å². The monoisotopic (exact) mass is 481 g/mol. The van der Waals surface area contributed by atoms with Gasteiger partial charge >= 0.3 is 11.9 Å². The van der Waals surface area contributed by atoms with Gasteiger partial charge in [-0.05, 0) is 77.8 Å². The number of halogens is 1. The van der Waals surface area contributed by atoms with Crippen LogP contribution in [0.25, 0.3) is 0 Å². The van der Waals surface area contributed by atoms with E-state index in [9.17, 15) is 14.4 Å². The number of rotatable bonds is 8. The van der Waals surface area contributed by atoms with E-state index in [0.29, 0.717) is 16.3 Å². The average Bonchev–Trinajstić information content (AvgIpc) is 2.98. The van der Waals surface area contributed by atoms with Gasteiger partial charge in [0.1, 0.15) is 15.6 Å². The van der Waals surface area contributed by atoms with Gasteiger partial charge in [-0.25, -0.2) is 9.59 Å². The third-order valence-corrected chi connectivity index (χ3v) is 5.69. The molecule has 0 spiro atoms. The van der Waals surface area contributed by atoms with Gasteiger partial charge < -0.3 is 19.5 Å². The minimum Gasteiger partial charge on any atom is -0.481 e. The number of hydrogen-bond donors (Lipinski definition) is 1. The lowest BCUT2D eigenvalue weighted by molar-refractivity contribution is -0.122. The zero-order chi connectivity index (χ0) is 24.2. The zero-order valence-electron chi connectivity index (χ0n) is 19.2. The number of aryl methyl sites for hydroxylation is 1. The molecule has 1 heterocycles. The van der Waals surface area contributed by atoms with Crippen LogP contribution in [0.2, 0.25) is 5.02 Å². The molecule has 0 radical (unpaired) electrons. The summed E-state index contributed by atoms with van der Waals surface area (Å²) in [6.07, 6.45) is -1.58. The van der Waals surface area contributed by atoms with Crippen molar-refractivity contribution in [2.24, 2.45) is 0 Å². The first-order chi connectivity index (χ1) is 14.9. The van der Waals surface area contributed by atoms with Crippen LogP contribution in [-0.4, -0.2) is 36.2 Å². The molecule has 0 aliphatic rings. The van der Waals surface area contributed by atoms with Gasteiger partial charge in [-0.1, -0.05) is 11.6 Å². The van der Waals surface area contributed by atoms with Crippen molar-refractivity contribution in [1.82, 2.24) is 0 Å². The summed E-state index contributed by atoms with van der Waals surface area (Å²) in [6, 6.07) is 5.09. The number of esters is 2. The summed E-state index contributed by atoms with van der Waals surface area (Å²) in [5.74, 6) is -1.17. The summed E-state index contributed by atoms with van der Waals surface area (Å²) < 4.78 is 16.4. The number of ether oxygens (including phenoxy) is 3. The molecular weight excluding hydrogens is 454 g/mol. The van der Waals surface area contributed by atoms with E-state index < -0.39 is 23.9 Å². The average molecular weight is 482 g/mol. The number of carbonyl (C=O) groups is 3. The molecule has 9 heteroatoms. The molecule has 1 aromatic heterocycles. The normalized spacial score (nSPS) is 11.9. The second-order valence-corrected chi connectivity index (χ2v) is 9.28. The molecule has 1 N–H and O–H groups in total. The molecule has 0 aliphatic heterocycles. The van der Waals surface area contributed by atoms with Crippen molar-refractivity contribution in [3.8, 4) is 5.75 Å². The van der Waals surface area contributed by atoms with Gasteiger partial charge in [0.25, 0.3) is 5.91 Å². The van der Waals surface area contributed by atoms with Gasteiger partial charge in [0.05, 0.1) is 17.8 Å². The van der Waals surface area contributed by atoms with Crippen LogP contribution in [0.3, 0.4) is 0 Å². The van der Waals surface area contributed by atoms with Gasteiger partial charge in [0.15, 0.2) is 6.10 Å². The molecule has 1 unspecified atom stereocenters. The van der Waals surface area contributed by atoms with Gasteiger partial charge in [-0.15, -0.1) is 11.3 Å². The topological polar surface area (TPSA) is 90.9 Å². The summed E-state index contributed by atoms with van der Waals surface area (Å²) in [5, 5.41) is 3.48. The highest BCUT2D eigenvalue weighted by molar-refractivity contribution is 7.18. The van der Waals surface area contributed by atoms with Crippen molar-refractivity contribution in [2.45, 2.75) is 66.8 Å². The molecule has 32 heavy (non-hydrogen) atoms. The third-order valence-electron chi connectivity index (χ3n) is 4.27. The predicted molar refractivity (Wildman–Crippen MR) is 125 cm³/mol. The fraction of sp³-hybridized carbons (Fsp3) is 0.435. The number of amides is 1. The van der Waals surface area contributed by atoms with Crippen LogP contribution in [0.4, 0.5) is 5.00 Å². The van der Waals surface area contributed by atoms with Crippen LogP contribution in [0.15, 0.2) is 18.2 Å². The Labute approximate surface area is 197 Å². The van der Waals surface area contributed by atoms with E-state index in [0.717, 1.165) is 16.9 Å². The lowest BCUT2D eigenvalue weighted by Gasteiger charge is -2.16. The highest BCUT2D eigenvalue weighted by Gasteiger charge is 2.29. The summed E-state index contributed by atoms with van der Waals surface area (Å²) in [4.78, 5) is 38.3. The number of hydrogen-bond acceptors (Lipinski definition) is 7. The van der Waals surface area contributed by atoms with E-state index in [1.165, 1.54) is 0 Å². The van der Waals surface area contributed by atoms with E-state index in [1.54, 1.807) is 59.7 Å². The van der Waals surface area contributed by atoms with Crippen molar-refractivity contribution < 1.29 is 28.6 Å². The van der Waals surface area contributed by atoms with Crippen molar-refractivity contribution in [1.29, 1.82) is 0 Å². The number of nitrogens with one attached hydrogen (secondary N) is 1. The third kappa shape index (κ3) is 6.46. The molecule has 0 saturated heterocycles. The first kappa shape index (κ1) is 25.7. The molecule has 0 fully saturated rings. The Bertz CT molecular complexity index is 1010. The first-order valence-electron chi connectivity index (χ1n) is 10.2. The quantitative estimate of drug-likeness (QED) is 0.497. The SMILES string of the molecule is Cc1cc(Cl)ccc1OC(C)C(=O)Nc1sc(C(=O)OC(C)C)c(C)c1C(=O)OC(C)C. The van der Waals surface area contributed by atoms with Crippen LogP contribution in [-0.2, 0) is 14.3 Å². The highest BCUT2D eigenvalue weighted by atomic mass is 35.5. The molecule has 0 bridgehead atoms. The molecule has 174 valence electrons.